The molecular weight excluding hydrogens is 328 g/mol. The second-order valence-corrected chi connectivity index (χ2v) is 5.96. The summed E-state index contributed by atoms with van der Waals surface area (Å²) in [5.74, 6) is -0.0981. The van der Waals surface area contributed by atoms with Crippen LogP contribution in [-0.2, 0) is 0 Å². The van der Waals surface area contributed by atoms with E-state index in [1.807, 2.05) is 30.3 Å². The van der Waals surface area contributed by atoms with E-state index in [2.05, 4.69) is 40.1 Å². The highest BCUT2D eigenvalue weighted by atomic mass is 79.9. The minimum atomic E-state index is -0.0981. The van der Waals surface area contributed by atoms with Crippen molar-refractivity contribution in [1.29, 1.82) is 0 Å². The summed E-state index contributed by atoms with van der Waals surface area (Å²) in [6, 6.07) is 9.76. The Morgan fingerprint density at radius 1 is 1.24 bits per heavy atom. The van der Waals surface area contributed by atoms with Crippen molar-refractivity contribution in [2.45, 2.75) is 26.7 Å². The largest absolute Gasteiger partial charge is 0.350 e. The Morgan fingerprint density at radius 2 is 1.95 bits per heavy atom. The number of aromatic nitrogens is 1. The van der Waals surface area contributed by atoms with Crippen LogP contribution in [0, 0.1) is 5.41 Å². The number of alkyl halides is 1. The molecule has 0 saturated heterocycles. The summed E-state index contributed by atoms with van der Waals surface area (Å²) < 4.78 is 0. The fourth-order valence-electron chi connectivity index (χ4n) is 2.39. The van der Waals surface area contributed by atoms with Crippen LogP contribution in [0.25, 0.3) is 10.8 Å². The van der Waals surface area contributed by atoms with E-state index in [4.69, 9.17) is 0 Å². The highest BCUT2D eigenvalue weighted by Gasteiger charge is 2.26. The maximum absolute atomic E-state index is 12.5. The molecule has 0 saturated carbocycles. The Bertz CT molecular complexity index is 609. The van der Waals surface area contributed by atoms with Crippen molar-refractivity contribution in [3.63, 3.8) is 0 Å². The molecule has 0 aliphatic carbocycles. The summed E-state index contributed by atoms with van der Waals surface area (Å²) in [6.07, 6.45) is 3.74. The van der Waals surface area contributed by atoms with Crippen molar-refractivity contribution in [2.24, 2.45) is 5.41 Å². The summed E-state index contributed by atoms with van der Waals surface area (Å²) in [5.41, 5.74) is 0.615. The predicted molar refractivity (Wildman–Crippen MR) is 90.9 cm³/mol. The number of halogens is 1. The summed E-state index contributed by atoms with van der Waals surface area (Å²) in [5, 5.41) is 5.87. The van der Waals surface area contributed by atoms with Crippen molar-refractivity contribution < 1.29 is 4.79 Å². The Kier molecular flexibility index (Phi) is 5.34. The number of pyridine rings is 1. The Labute approximate surface area is 134 Å². The molecule has 2 aromatic rings. The molecule has 2 rings (SSSR count). The van der Waals surface area contributed by atoms with Crippen molar-refractivity contribution in [2.75, 3.05) is 11.9 Å². The lowest BCUT2D eigenvalue weighted by Crippen LogP contribution is -2.38. The van der Waals surface area contributed by atoms with E-state index in [-0.39, 0.29) is 11.3 Å². The molecule has 1 aromatic heterocycles. The van der Waals surface area contributed by atoms with E-state index in [0.717, 1.165) is 28.9 Å². The Balaban J connectivity index is 2.20. The number of fused-ring (bicyclic) bond motifs is 1. The molecule has 0 aliphatic heterocycles. The minimum Gasteiger partial charge on any atom is -0.350 e. The molecular formula is C17H21BrN2O. The molecule has 4 heteroatoms. The van der Waals surface area contributed by atoms with Crippen LogP contribution in [0.15, 0.2) is 36.5 Å². The van der Waals surface area contributed by atoms with E-state index >= 15 is 0 Å². The average Bonchev–Trinajstić information content (AvgIpc) is 2.56. The van der Waals surface area contributed by atoms with Crippen LogP contribution < -0.4 is 5.32 Å². The smallest absolute Gasteiger partial charge is 0.270 e. The summed E-state index contributed by atoms with van der Waals surface area (Å²) >= 11 is 3.57. The lowest BCUT2D eigenvalue weighted by atomic mass is 9.84. The molecule has 0 atom stereocenters. The topological polar surface area (TPSA) is 42.0 Å². The van der Waals surface area contributed by atoms with Gasteiger partial charge in [0.2, 0.25) is 0 Å². The lowest BCUT2D eigenvalue weighted by Gasteiger charge is -2.29. The number of nitrogens with one attached hydrogen (secondary N) is 1. The molecule has 3 nitrogen and oxygen atoms in total. The van der Waals surface area contributed by atoms with E-state index in [1.54, 1.807) is 6.20 Å². The fourth-order valence-corrected chi connectivity index (χ4v) is 3.38. The van der Waals surface area contributed by atoms with Crippen LogP contribution in [0.3, 0.4) is 0 Å². The molecule has 21 heavy (non-hydrogen) atoms. The SMILES string of the molecule is CCC(CC)(CBr)CNC(=O)c1nccc2ccccc12. The first-order valence-corrected chi connectivity index (χ1v) is 8.46. The third-order valence-electron chi connectivity index (χ3n) is 4.30. The minimum absolute atomic E-state index is 0.0981. The van der Waals surface area contributed by atoms with Gasteiger partial charge in [-0.1, -0.05) is 54.0 Å². The zero-order valence-corrected chi connectivity index (χ0v) is 14.1. The van der Waals surface area contributed by atoms with Gasteiger partial charge >= 0.3 is 0 Å². The quantitative estimate of drug-likeness (QED) is 0.796. The Hall–Kier alpha value is -1.42. The number of benzene rings is 1. The van der Waals surface area contributed by atoms with Gasteiger partial charge in [-0.15, -0.1) is 0 Å². The summed E-state index contributed by atoms with van der Waals surface area (Å²) in [6.45, 7) is 4.98. The fraction of sp³-hybridized carbons (Fsp3) is 0.412. The second-order valence-electron chi connectivity index (χ2n) is 5.40. The highest BCUT2D eigenvalue weighted by Crippen LogP contribution is 2.28. The van der Waals surface area contributed by atoms with Crippen LogP contribution in [0.2, 0.25) is 0 Å². The zero-order valence-electron chi connectivity index (χ0n) is 12.5. The Morgan fingerprint density at radius 3 is 2.62 bits per heavy atom. The third kappa shape index (κ3) is 3.43. The van der Waals surface area contributed by atoms with Crippen LogP contribution in [-0.4, -0.2) is 22.8 Å². The van der Waals surface area contributed by atoms with Crippen molar-refractivity contribution in [3.8, 4) is 0 Å². The molecule has 0 radical (unpaired) electrons. The van der Waals surface area contributed by atoms with Gasteiger partial charge in [0.15, 0.2) is 0 Å². The monoisotopic (exact) mass is 348 g/mol. The van der Waals surface area contributed by atoms with Crippen LogP contribution >= 0.6 is 15.9 Å². The van der Waals surface area contributed by atoms with Gasteiger partial charge in [0.05, 0.1) is 0 Å². The normalized spacial score (nSPS) is 11.6. The van der Waals surface area contributed by atoms with Gasteiger partial charge in [-0.25, -0.2) is 0 Å². The van der Waals surface area contributed by atoms with E-state index in [0.29, 0.717) is 12.2 Å². The predicted octanol–water partition coefficient (Wildman–Crippen LogP) is 4.17. The molecule has 1 N–H and O–H groups in total. The standard InChI is InChI=1S/C17H21BrN2O/c1-3-17(4-2,11-18)12-20-16(21)15-14-8-6-5-7-13(14)9-10-19-15/h5-10H,3-4,11-12H2,1-2H3,(H,20,21). The van der Waals surface area contributed by atoms with Crippen LogP contribution in [0.4, 0.5) is 0 Å². The van der Waals surface area contributed by atoms with Gasteiger partial charge in [0.25, 0.3) is 5.91 Å². The number of amides is 1. The first kappa shape index (κ1) is 16.0. The number of nitrogens with zero attached hydrogens (tertiary/aromatic N) is 1. The molecule has 1 amide bonds. The van der Waals surface area contributed by atoms with E-state index in [9.17, 15) is 4.79 Å². The molecule has 1 aromatic carbocycles. The molecule has 0 aliphatic rings. The van der Waals surface area contributed by atoms with Gasteiger partial charge in [0, 0.05) is 23.5 Å². The highest BCUT2D eigenvalue weighted by molar-refractivity contribution is 9.09. The molecule has 1 heterocycles. The van der Waals surface area contributed by atoms with Crippen molar-refractivity contribution in [3.05, 3.63) is 42.2 Å². The first-order chi connectivity index (χ1) is 10.2. The maximum Gasteiger partial charge on any atom is 0.270 e. The van der Waals surface area contributed by atoms with Gasteiger partial charge in [-0.05, 0) is 29.7 Å². The van der Waals surface area contributed by atoms with E-state index in [1.165, 1.54) is 0 Å². The molecule has 0 bridgehead atoms. The van der Waals surface area contributed by atoms with Crippen molar-refractivity contribution in [1.82, 2.24) is 10.3 Å². The van der Waals surface area contributed by atoms with Crippen molar-refractivity contribution >= 4 is 32.6 Å². The van der Waals surface area contributed by atoms with Crippen LogP contribution in [0.5, 0.6) is 0 Å². The number of rotatable bonds is 6. The number of hydrogen-bond donors (Lipinski definition) is 1. The average molecular weight is 349 g/mol. The second kappa shape index (κ2) is 7.03. The molecule has 0 unspecified atom stereocenters. The van der Waals surface area contributed by atoms with Gasteiger partial charge in [-0.3, -0.25) is 9.78 Å². The molecule has 0 fully saturated rings. The molecule has 0 spiro atoms. The number of carbonyl (C=O) groups excluding carboxylic acids is 1. The number of carbonyl (C=O) groups is 1. The first-order valence-electron chi connectivity index (χ1n) is 7.33. The van der Waals surface area contributed by atoms with Gasteiger partial charge in [-0.2, -0.15) is 0 Å². The van der Waals surface area contributed by atoms with E-state index < -0.39 is 0 Å². The lowest BCUT2D eigenvalue weighted by molar-refractivity contribution is 0.0929. The van der Waals surface area contributed by atoms with Gasteiger partial charge < -0.3 is 5.32 Å². The summed E-state index contributed by atoms with van der Waals surface area (Å²) in [7, 11) is 0. The third-order valence-corrected chi connectivity index (χ3v) is 5.49. The summed E-state index contributed by atoms with van der Waals surface area (Å²) in [4.78, 5) is 16.7. The molecule has 112 valence electrons. The number of hydrogen-bond acceptors (Lipinski definition) is 2. The maximum atomic E-state index is 12.5. The van der Waals surface area contributed by atoms with Crippen LogP contribution in [0.1, 0.15) is 37.2 Å². The van der Waals surface area contributed by atoms with Gasteiger partial charge in [0.1, 0.15) is 5.69 Å². The zero-order chi connectivity index (χ0) is 15.3.